The van der Waals surface area contributed by atoms with Crippen LogP contribution in [0.5, 0.6) is 5.75 Å². The molecule has 0 saturated heterocycles. The molecule has 0 heterocycles. The second kappa shape index (κ2) is 8.18. The highest BCUT2D eigenvalue weighted by atomic mass is 19.4. The van der Waals surface area contributed by atoms with Crippen molar-refractivity contribution in [3.8, 4) is 17.6 Å². The van der Waals surface area contributed by atoms with Crippen LogP contribution in [0, 0.1) is 17.7 Å². The van der Waals surface area contributed by atoms with Gasteiger partial charge in [-0.3, -0.25) is 0 Å². The number of hydrogen-bond donors (Lipinski definition) is 0. The van der Waals surface area contributed by atoms with Gasteiger partial charge in [0.2, 0.25) is 0 Å². The maximum absolute atomic E-state index is 14.7. The summed E-state index contributed by atoms with van der Waals surface area (Å²) < 4.78 is 55.1. The minimum absolute atomic E-state index is 0.224. The van der Waals surface area contributed by atoms with Crippen molar-refractivity contribution in [2.75, 3.05) is 0 Å². The Kier molecular flexibility index (Phi) is 5.70. The molecule has 0 aliphatic rings. The molecule has 3 aromatic carbocycles. The molecule has 28 heavy (non-hydrogen) atoms. The molecule has 3 aromatic rings. The van der Waals surface area contributed by atoms with Gasteiger partial charge in [-0.15, -0.1) is 19.8 Å². The summed E-state index contributed by atoms with van der Waals surface area (Å²) >= 11 is 0. The van der Waals surface area contributed by atoms with Gasteiger partial charge >= 0.3 is 6.36 Å². The molecule has 0 fully saturated rings. The van der Waals surface area contributed by atoms with E-state index in [1.54, 1.807) is 18.2 Å². The summed E-state index contributed by atoms with van der Waals surface area (Å²) in [5.74, 6) is 4.74. The lowest BCUT2D eigenvalue weighted by Gasteiger charge is -2.08. The van der Waals surface area contributed by atoms with Gasteiger partial charge in [0.1, 0.15) is 11.6 Å². The fraction of sp³-hybridized carbons (Fsp3) is 0.130. The first-order chi connectivity index (χ1) is 13.4. The molecule has 0 atom stereocenters. The molecule has 0 unspecified atom stereocenters. The lowest BCUT2D eigenvalue weighted by atomic mass is 10.0. The van der Waals surface area contributed by atoms with Crippen LogP contribution in [0.1, 0.15) is 23.1 Å². The molecule has 0 aliphatic heterocycles. The highest BCUT2D eigenvalue weighted by Crippen LogP contribution is 2.24. The molecule has 0 radical (unpaired) electrons. The molecule has 0 N–H and O–H groups in total. The molecule has 1 nitrogen and oxygen atoms in total. The Bertz CT molecular complexity index is 1050. The first-order valence-corrected chi connectivity index (χ1v) is 8.55. The molecule has 142 valence electrons. The Morgan fingerprint density at radius 3 is 2.39 bits per heavy atom. The van der Waals surface area contributed by atoms with E-state index in [0.29, 0.717) is 10.9 Å². The fourth-order valence-corrected chi connectivity index (χ4v) is 2.74. The van der Waals surface area contributed by atoms with Gasteiger partial charge in [-0.25, -0.2) is 4.39 Å². The predicted octanol–water partition coefficient (Wildman–Crippen LogP) is 6.40. The molecular formula is C23H16F4O. The fourth-order valence-electron chi connectivity index (χ4n) is 2.74. The van der Waals surface area contributed by atoms with E-state index in [2.05, 4.69) is 23.2 Å². The number of alkyl halides is 3. The van der Waals surface area contributed by atoms with Crippen molar-refractivity contribution in [2.24, 2.45) is 0 Å². The van der Waals surface area contributed by atoms with Gasteiger partial charge < -0.3 is 4.74 Å². The SMILES string of the molecule is C=CCCc1ccc2c(F)c(C#Cc3ccc(OC(F)(F)F)cc3)ccc2c1. The summed E-state index contributed by atoms with van der Waals surface area (Å²) in [6.07, 6.45) is -1.21. The Balaban J connectivity index is 1.83. The Morgan fingerprint density at radius 2 is 1.71 bits per heavy atom. The van der Waals surface area contributed by atoms with E-state index in [9.17, 15) is 17.6 Å². The molecule has 0 spiro atoms. The van der Waals surface area contributed by atoms with Gasteiger partial charge in [0, 0.05) is 10.9 Å². The number of halogens is 4. The van der Waals surface area contributed by atoms with E-state index >= 15 is 0 Å². The Labute approximate surface area is 160 Å². The van der Waals surface area contributed by atoms with Crippen molar-refractivity contribution >= 4 is 10.8 Å². The van der Waals surface area contributed by atoms with E-state index in [-0.39, 0.29) is 11.3 Å². The molecular weight excluding hydrogens is 368 g/mol. The summed E-state index contributed by atoms with van der Waals surface area (Å²) in [4.78, 5) is 0. The molecule has 0 aromatic heterocycles. The third kappa shape index (κ3) is 4.92. The average Bonchev–Trinajstić information content (AvgIpc) is 2.66. The summed E-state index contributed by atoms with van der Waals surface area (Å²) in [7, 11) is 0. The van der Waals surface area contributed by atoms with Crippen LogP contribution in [0.4, 0.5) is 17.6 Å². The van der Waals surface area contributed by atoms with Crippen molar-refractivity contribution in [3.05, 3.63) is 89.8 Å². The average molecular weight is 384 g/mol. The van der Waals surface area contributed by atoms with Crippen molar-refractivity contribution in [2.45, 2.75) is 19.2 Å². The predicted molar refractivity (Wildman–Crippen MR) is 102 cm³/mol. The molecule has 0 saturated carbocycles. The van der Waals surface area contributed by atoms with Gasteiger partial charge in [0.25, 0.3) is 0 Å². The zero-order valence-corrected chi connectivity index (χ0v) is 14.8. The van der Waals surface area contributed by atoms with Gasteiger partial charge in [-0.05, 0) is 54.1 Å². The van der Waals surface area contributed by atoms with Crippen molar-refractivity contribution in [1.82, 2.24) is 0 Å². The third-order valence-corrected chi connectivity index (χ3v) is 4.09. The normalized spacial score (nSPS) is 11.0. The van der Waals surface area contributed by atoms with E-state index in [4.69, 9.17) is 0 Å². The van der Waals surface area contributed by atoms with Crippen molar-refractivity contribution in [1.29, 1.82) is 0 Å². The third-order valence-electron chi connectivity index (χ3n) is 4.09. The van der Waals surface area contributed by atoms with E-state index in [0.717, 1.165) is 23.8 Å². The second-order valence-corrected chi connectivity index (χ2v) is 6.13. The van der Waals surface area contributed by atoms with Crippen LogP contribution in [0.15, 0.2) is 67.3 Å². The van der Waals surface area contributed by atoms with Crippen LogP contribution in [0.2, 0.25) is 0 Å². The topological polar surface area (TPSA) is 9.23 Å². The van der Waals surface area contributed by atoms with Crippen LogP contribution in [-0.4, -0.2) is 6.36 Å². The van der Waals surface area contributed by atoms with Crippen LogP contribution in [0.3, 0.4) is 0 Å². The maximum atomic E-state index is 14.7. The molecule has 5 heteroatoms. The first-order valence-electron chi connectivity index (χ1n) is 8.55. The second-order valence-electron chi connectivity index (χ2n) is 6.13. The monoisotopic (exact) mass is 384 g/mol. The summed E-state index contributed by atoms with van der Waals surface area (Å²) in [5, 5.41) is 1.27. The number of rotatable bonds is 4. The summed E-state index contributed by atoms with van der Waals surface area (Å²) in [5.41, 5.74) is 1.78. The zero-order chi connectivity index (χ0) is 20.1. The highest BCUT2D eigenvalue weighted by molar-refractivity contribution is 5.85. The zero-order valence-electron chi connectivity index (χ0n) is 14.8. The number of allylic oxidation sites excluding steroid dienone is 1. The van der Waals surface area contributed by atoms with Gasteiger partial charge in [0.05, 0.1) is 5.56 Å². The number of hydrogen-bond acceptors (Lipinski definition) is 1. The van der Waals surface area contributed by atoms with Gasteiger partial charge in [-0.2, -0.15) is 0 Å². The largest absolute Gasteiger partial charge is 0.573 e. The summed E-state index contributed by atoms with van der Waals surface area (Å²) in [6.45, 7) is 3.70. The van der Waals surface area contributed by atoms with Gasteiger partial charge in [-0.1, -0.05) is 42.2 Å². The number of fused-ring (bicyclic) bond motifs is 1. The first kappa shape index (κ1) is 19.5. The number of benzene rings is 3. The van der Waals surface area contributed by atoms with Crippen LogP contribution in [0.25, 0.3) is 10.8 Å². The molecule has 3 rings (SSSR count). The quantitative estimate of drug-likeness (QED) is 0.287. The Morgan fingerprint density at radius 1 is 0.964 bits per heavy atom. The smallest absolute Gasteiger partial charge is 0.406 e. The van der Waals surface area contributed by atoms with Gasteiger partial charge in [0.15, 0.2) is 0 Å². The molecule has 0 amide bonds. The summed E-state index contributed by atoms with van der Waals surface area (Å²) in [6, 6.07) is 14.1. The number of ether oxygens (including phenoxy) is 1. The Hall–Kier alpha value is -3.26. The number of aryl methyl sites for hydroxylation is 1. The maximum Gasteiger partial charge on any atom is 0.573 e. The minimum Gasteiger partial charge on any atom is -0.406 e. The van der Waals surface area contributed by atoms with Crippen LogP contribution < -0.4 is 4.74 Å². The van der Waals surface area contributed by atoms with Crippen LogP contribution in [-0.2, 0) is 6.42 Å². The lowest BCUT2D eigenvalue weighted by Crippen LogP contribution is -2.16. The van der Waals surface area contributed by atoms with Crippen LogP contribution >= 0.6 is 0 Å². The molecule has 0 bridgehead atoms. The van der Waals surface area contributed by atoms with E-state index < -0.39 is 12.2 Å². The molecule has 0 aliphatic carbocycles. The van der Waals surface area contributed by atoms with Crippen molar-refractivity contribution < 1.29 is 22.3 Å². The van der Waals surface area contributed by atoms with E-state index in [1.165, 1.54) is 24.3 Å². The lowest BCUT2D eigenvalue weighted by molar-refractivity contribution is -0.274. The van der Waals surface area contributed by atoms with E-state index in [1.807, 2.05) is 18.2 Å². The highest BCUT2D eigenvalue weighted by Gasteiger charge is 2.30. The standard InChI is InChI=1S/C23H16F4O/c1-2-3-4-17-8-14-21-19(15-17)11-10-18(22(21)24)9-5-16-6-12-20(13-7-16)28-23(25,26)27/h2,6-8,10-15H,1,3-4H2. The minimum atomic E-state index is -4.74. The van der Waals surface area contributed by atoms with Crippen molar-refractivity contribution in [3.63, 3.8) is 0 Å².